The number of pyridine rings is 1. The number of benzene rings is 2. The molecule has 1 aromatic heterocycles. The molecule has 0 aliphatic heterocycles. The van der Waals surface area contributed by atoms with Crippen molar-refractivity contribution in [3.05, 3.63) is 75.5 Å². The highest BCUT2D eigenvalue weighted by Gasteiger charge is 2.29. The van der Waals surface area contributed by atoms with E-state index in [2.05, 4.69) is 5.32 Å². The molecular weight excluding hydrogens is 369 g/mol. The summed E-state index contributed by atoms with van der Waals surface area (Å²) in [5, 5.41) is 3.31. The van der Waals surface area contributed by atoms with E-state index >= 15 is 0 Å². The first-order valence-electron chi connectivity index (χ1n) is 7.50. The van der Waals surface area contributed by atoms with Gasteiger partial charge in [-0.05, 0) is 42.5 Å². The molecule has 3 rings (SSSR count). The van der Waals surface area contributed by atoms with E-state index in [0.717, 1.165) is 12.1 Å². The van der Waals surface area contributed by atoms with Gasteiger partial charge in [0.2, 0.25) is 5.91 Å². The maximum absolute atomic E-state index is 12.6. The van der Waals surface area contributed by atoms with E-state index in [0.29, 0.717) is 15.9 Å². The van der Waals surface area contributed by atoms with E-state index in [1.807, 2.05) is 0 Å². The molecule has 1 N–H and O–H groups in total. The Hall–Kier alpha value is -2.80. The number of aromatic nitrogens is 1. The Morgan fingerprint density at radius 2 is 1.77 bits per heavy atom. The van der Waals surface area contributed by atoms with Crippen LogP contribution in [0.1, 0.15) is 5.56 Å². The molecule has 0 saturated heterocycles. The minimum atomic E-state index is -4.43. The van der Waals surface area contributed by atoms with E-state index in [1.54, 1.807) is 16.7 Å². The van der Waals surface area contributed by atoms with Crippen molar-refractivity contribution in [3.63, 3.8) is 0 Å². The van der Waals surface area contributed by atoms with Crippen LogP contribution in [-0.2, 0) is 17.5 Å². The average molecular weight is 381 g/mol. The van der Waals surface area contributed by atoms with Gasteiger partial charge in [-0.2, -0.15) is 13.2 Å². The summed E-state index contributed by atoms with van der Waals surface area (Å²) in [6.07, 6.45) is -2.95. The van der Waals surface area contributed by atoms with Gasteiger partial charge in [0.15, 0.2) is 5.43 Å². The van der Waals surface area contributed by atoms with Crippen LogP contribution in [0.3, 0.4) is 0 Å². The van der Waals surface area contributed by atoms with Gasteiger partial charge in [-0.1, -0.05) is 11.6 Å². The second kappa shape index (κ2) is 6.84. The molecule has 4 nitrogen and oxygen atoms in total. The molecule has 0 radical (unpaired) electrons. The number of nitrogens with zero attached hydrogens (tertiary/aromatic N) is 1. The van der Waals surface area contributed by atoms with Crippen molar-refractivity contribution >= 4 is 34.1 Å². The quantitative estimate of drug-likeness (QED) is 0.736. The molecular formula is C18H12ClF3N2O2. The highest BCUT2D eigenvalue weighted by atomic mass is 35.5. The van der Waals surface area contributed by atoms with E-state index in [4.69, 9.17) is 11.6 Å². The molecule has 1 amide bonds. The van der Waals surface area contributed by atoms with Crippen molar-refractivity contribution < 1.29 is 18.0 Å². The van der Waals surface area contributed by atoms with Crippen molar-refractivity contribution in [2.45, 2.75) is 12.7 Å². The number of hydrogen-bond donors (Lipinski definition) is 1. The molecule has 0 aliphatic carbocycles. The molecule has 3 aromatic rings. The lowest BCUT2D eigenvalue weighted by atomic mass is 10.2. The second-order valence-corrected chi connectivity index (χ2v) is 6.03. The summed E-state index contributed by atoms with van der Waals surface area (Å²) in [7, 11) is 0. The Morgan fingerprint density at radius 3 is 2.42 bits per heavy atom. The highest BCUT2D eigenvalue weighted by molar-refractivity contribution is 6.31. The lowest BCUT2D eigenvalue weighted by Crippen LogP contribution is -2.20. The molecule has 134 valence electrons. The Bertz CT molecular complexity index is 1030. The third-order valence-electron chi connectivity index (χ3n) is 3.75. The molecule has 0 fully saturated rings. The minimum Gasteiger partial charge on any atom is -0.338 e. The third kappa shape index (κ3) is 3.88. The first kappa shape index (κ1) is 18.0. The number of fused-ring (bicyclic) bond motifs is 1. The van der Waals surface area contributed by atoms with Crippen molar-refractivity contribution in [1.82, 2.24) is 4.57 Å². The Balaban J connectivity index is 1.79. The number of carbonyl (C=O) groups excluding carboxylic acids is 1. The number of halogens is 4. The number of carbonyl (C=O) groups is 1. The lowest BCUT2D eigenvalue weighted by molar-refractivity contribution is -0.137. The summed E-state index contributed by atoms with van der Waals surface area (Å²) in [4.78, 5) is 24.1. The molecule has 0 aliphatic rings. The zero-order chi connectivity index (χ0) is 18.9. The summed E-state index contributed by atoms with van der Waals surface area (Å²) in [5.41, 5.74) is -0.235. The maximum Gasteiger partial charge on any atom is 0.416 e. The number of rotatable bonds is 3. The van der Waals surface area contributed by atoms with Crippen LogP contribution in [0.4, 0.5) is 18.9 Å². The van der Waals surface area contributed by atoms with Crippen molar-refractivity contribution in [3.8, 4) is 0 Å². The van der Waals surface area contributed by atoms with Gasteiger partial charge >= 0.3 is 6.18 Å². The average Bonchev–Trinajstić information content (AvgIpc) is 2.57. The first-order chi connectivity index (χ1) is 12.2. The van der Waals surface area contributed by atoms with Gasteiger partial charge in [-0.3, -0.25) is 9.59 Å². The number of alkyl halides is 3. The molecule has 0 saturated carbocycles. The second-order valence-electron chi connectivity index (χ2n) is 5.59. The van der Waals surface area contributed by atoms with Gasteiger partial charge in [0.05, 0.1) is 11.1 Å². The van der Waals surface area contributed by atoms with Crippen LogP contribution < -0.4 is 10.7 Å². The summed E-state index contributed by atoms with van der Waals surface area (Å²) >= 11 is 5.89. The number of nitrogens with one attached hydrogen (secondary N) is 1. The van der Waals surface area contributed by atoms with Gasteiger partial charge in [-0.15, -0.1) is 0 Å². The largest absolute Gasteiger partial charge is 0.416 e. The fourth-order valence-corrected chi connectivity index (χ4v) is 2.69. The molecule has 0 atom stereocenters. The number of amides is 1. The fourth-order valence-electron chi connectivity index (χ4n) is 2.52. The minimum absolute atomic E-state index is 0.112. The SMILES string of the molecule is O=C(Cn1ccc(=O)c2cc(Cl)ccc21)Nc1ccc(C(F)(F)F)cc1. The molecule has 26 heavy (non-hydrogen) atoms. The third-order valence-corrected chi connectivity index (χ3v) is 3.98. The standard InChI is InChI=1S/C18H12ClF3N2O2/c19-12-3-6-15-14(9-12)16(25)7-8-24(15)10-17(26)23-13-4-1-11(2-5-13)18(20,21)22/h1-9H,10H2,(H,23,26). The van der Waals surface area contributed by atoms with Crippen molar-refractivity contribution in [2.24, 2.45) is 0 Å². The lowest BCUT2D eigenvalue weighted by Gasteiger charge is -2.12. The normalized spacial score (nSPS) is 11.5. The zero-order valence-corrected chi connectivity index (χ0v) is 13.9. The molecule has 8 heteroatoms. The van der Waals surface area contributed by atoms with Crippen LogP contribution in [0, 0.1) is 0 Å². The fraction of sp³-hybridized carbons (Fsp3) is 0.111. The topological polar surface area (TPSA) is 51.1 Å². The predicted octanol–water partition coefficient (Wildman–Crippen LogP) is 4.31. The van der Waals surface area contributed by atoms with E-state index in [-0.39, 0.29) is 17.7 Å². The molecule has 0 bridgehead atoms. The van der Waals surface area contributed by atoms with Crippen LogP contribution in [0.15, 0.2) is 59.5 Å². The predicted molar refractivity (Wildman–Crippen MR) is 93.3 cm³/mol. The van der Waals surface area contributed by atoms with Crippen molar-refractivity contribution in [2.75, 3.05) is 5.32 Å². The Labute approximate surface area is 150 Å². The van der Waals surface area contributed by atoms with Crippen LogP contribution in [0.2, 0.25) is 5.02 Å². The van der Waals surface area contributed by atoms with Crippen molar-refractivity contribution in [1.29, 1.82) is 0 Å². The smallest absolute Gasteiger partial charge is 0.338 e. The van der Waals surface area contributed by atoms with Gasteiger partial charge in [0.25, 0.3) is 0 Å². The number of anilines is 1. The van der Waals surface area contributed by atoms with Crippen LogP contribution in [0.5, 0.6) is 0 Å². The van der Waals surface area contributed by atoms with Gasteiger partial charge in [0.1, 0.15) is 6.54 Å². The summed E-state index contributed by atoms with van der Waals surface area (Å²) in [6, 6.07) is 10.2. The molecule has 0 unspecified atom stereocenters. The van der Waals surface area contributed by atoms with E-state index < -0.39 is 17.6 Å². The Morgan fingerprint density at radius 1 is 1.08 bits per heavy atom. The summed E-state index contributed by atoms with van der Waals surface area (Å²) < 4.78 is 39.2. The van der Waals surface area contributed by atoms with Crippen LogP contribution in [0.25, 0.3) is 10.9 Å². The molecule has 2 aromatic carbocycles. The highest BCUT2D eigenvalue weighted by Crippen LogP contribution is 2.29. The molecule has 1 heterocycles. The molecule has 0 spiro atoms. The van der Waals surface area contributed by atoms with E-state index in [9.17, 15) is 22.8 Å². The Kier molecular flexibility index (Phi) is 4.73. The zero-order valence-electron chi connectivity index (χ0n) is 13.2. The number of hydrogen-bond acceptors (Lipinski definition) is 2. The maximum atomic E-state index is 12.6. The van der Waals surface area contributed by atoms with Gasteiger partial charge in [-0.25, -0.2) is 0 Å². The first-order valence-corrected chi connectivity index (χ1v) is 7.88. The monoisotopic (exact) mass is 380 g/mol. The van der Waals surface area contributed by atoms with E-state index in [1.165, 1.54) is 30.5 Å². The summed E-state index contributed by atoms with van der Waals surface area (Å²) in [6.45, 7) is -0.112. The van der Waals surface area contributed by atoms with Crippen LogP contribution in [-0.4, -0.2) is 10.5 Å². The van der Waals surface area contributed by atoms with Crippen LogP contribution >= 0.6 is 11.6 Å². The van der Waals surface area contributed by atoms with Gasteiger partial charge < -0.3 is 9.88 Å². The van der Waals surface area contributed by atoms with Gasteiger partial charge in [0, 0.05) is 28.4 Å². The summed E-state index contributed by atoms with van der Waals surface area (Å²) in [5.74, 6) is -0.440.